The summed E-state index contributed by atoms with van der Waals surface area (Å²) in [6, 6.07) is 0. The molecule has 78 valence electrons. The second-order valence-electron chi connectivity index (χ2n) is 4.34. The second kappa shape index (κ2) is 3.02. The van der Waals surface area contributed by atoms with Crippen molar-refractivity contribution in [3.63, 3.8) is 0 Å². The van der Waals surface area contributed by atoms with Gasteiger partial charge in [0.1, 0.15) is 6.33 Å². The Balaban J connectivity index is 2.00. The SMILES string of the molecule is Nc1ncnc(C2CC3C=CC2C3)c1F. The molecule has 0 amide bonds. The normalized spacial score (nSPS) is 32.5. The summed E-state index contributed by atoms with van der Waals surface area (Å²) in [5.41, 5.74) is 5.94. The van der Waals surface area contributed by atoms with Crippen LogP contribution in [0.4, 0.5) is 10.2 Å². The standard InChI is InChI=1S/C11H12FN3/c12-9-10(14-5-15-11(9)13)8-4-6-1-2-7(8)3-6/h1-2,5-8H,3-4H2,(H2,13,14,15). The number of nitrogens with zero attached hydrogens (tertiary/aromatic N) is 2. The molecule has 2 bridgehead atoms. The highest BCUT2D eigenvalue weighted by Gasteiger charge is 2.38. The molecule has 0 aromatic carbocycles. The van der Waals surface area contributed by atoms with Crippen LogP contribution in [-0.4, -0.2) is 9.97 Å². The van der Waals surface area contributed by atoms with E-state index in [9.17, 15) is 4.39 Å². The molecule has 2 aliphatic carbocycles. The summed E-state index contributed by atoms with van der Waals surface area (Å²) in [6.45, 7) is 0. The van der Waals surface area contributed by atoms with Crippen molar-refractivity contribution < 1.29 is 4.39 Å². The molecule has 1 heterocycles. The van der Waals surface area contributed by atoms with Gasteiger partial charge in [-0.25, -0.2) is 14.4 Å². The van der Waals surface area contributed by atoms with E-state index in [-0.39, 0.29) is 11.7 Å². The molecule has 3 atom stereocenters. The zero-order chi connectivity index (χ0) is 10.4. The first kappa shape index (κ1) is 8.83. The summed E-state index contributed by atoms with van der Waals surface area (Å²) < 4.78 is 13.7. The molecule has 15 heavy (non-hydrogen) atoms. The zero-order valence-corrected chi connectivity index (χ0v) is 8.23. The number of nitrogens with two attached hydrogens (primary N) is 1. The van der Waals surface area contributed by atoms with Crippen LogP contribution >= 0.6 is 0 Å². The van der Waals surface area contributed by atoms with Crippen molar-refractivity contribution in [1.82, 2.24) is 9.97 Å². The fourth-order valence-corrected chi connectivity index (χ4v) is 2.75. The largest absolute Gasteiger partial charge is 0.381 e. The van der Waals surface area contributed by atoms with Gasteiger partial charge in [0.25, 0.3) is 0 Å². The van der Waals surface area contributed by atoms with E-state index in [0.29, 0.717) is 17.5 Å². The lowest BCUT2D eigenvalue weighted by Crippen LogP contribution is -2.11. The summed E-state index contributed by atoms with van der Waals surface area (Å²) in [5, 5.41) is 0. The smallest absolute Gasteiger partial charge is 0.186 e. The van der Waals surface area contributed by atoms with Crippen LogP contribution in [0, 0.1) is 17.7 Å². The molecule has 1 aromatic heterocycles. The quantitative estimate of drug-likeness (QED) is 0.712. The summed E-state index contributed by atoms with van der Waals surface area (Å²) in [5.74, 6) is 0.787. The molecule has 0 saturated heterocycles. The molecule has 2 N–H and O–H groups in total. The van der Waals surface area contributed by atoms with E-state index >= 15 is 0 Å². The highest BCUT2D eigenvalue weighted by atomic mass is 19.1. The first-order valence-corrected chi connectivity index (χ1v) is 5.20. The third-order valence-electron chi connectivity index (χ3n) is 3.47. The molecular formula is C11H12FN3. The predicted octanol–water partition coefficient (Wildman–Crippen LogP) is 1.88. The maximum Gasteiger partial charge on any atom is 0.186 e. The molecule has 1 saturated carbocycles. The van der Waals surface area contributed by atoms with Gasteiger partial charge in [0.2, 0.25) is 0 Å². The Labute approximate surface area is 87.2 Å². The summed E-state index contributed by atoms with van der Waals surface area (Å²) in [7, 11) is 0. The number of halogens is 1. The van der Waals surface area contributed by atoms with E-state index in [4.69, 9.17) is 5.73 Å². The molecule has 3 nitrogen and oxygen atoms in total. The van der Waals surface area contributed by atoms with E-state index in [2.05, 4.69) is 22.1 Å². The lowest BCUT2D eigenvalue weighted by molar-refractivity contribution is 0.512. The first-order valence-electron chi connectivity index (χ1n) is 5.20. The van der Waals surface area contributed by atoms with Crippen LogP contribution in [0.15, 0.2) is 18.5 Å². The van der Waals surface area contributed by atoms with Crippen LogP contribution in [-0.2, 0) is 0 Å². The summed E-state index contributed by atoms with van der Waals surface area (Å²) in [6.07, 6.45) is 7.88. The van der Waals surface area contributed by atoms with Gasteiger partial charge in [-0.2, -0.15) is 0 Å². The average Bonchev–Trinajstić information content (AvgIpc) is 2.83. The Morgan fingerprint density at radius 1 is 1.27 bits per heavy atom. The molecule has 3 rings (SSSR count). The molecule has 3 unspecified atom stereocenters. The second-order valence-corrected chi connectivity index (χ2v) is 4.34. The number of nitrogen functional groups attached to an aromatic ring is 1. The Bertz CT molecular complexity index is 430. The number of hydrogen-bond acceptors (Lipinski definition) is 3. The van der Waals surface area contributed by atoms with Crippen molar-refractivity contribution in [3.05, 3.63) is 30.0 Å². The Morgan fingerprint density at radius 2 is 2.13 bits per heavy atom. The fourth-order valence-electron chi connectivity index (χ4n) is 2.75. The van der Waals surface area contributed by atoms with E-state index in [1.54, 1.807) is 0 Å². The van der Waals surface area contributed by atoms with Gasteiger partial charge in [-0.05, 0) is 24.7 Å². The van der Waals surface area contributed by atoms with E-state index in [1.807, 2.05) is 0 Å². The van der Waals surface area contributed by atoms with Crippen LogP contribution in [0.25, 0.3) is 0 Å². The minimum absolute atomic E-state index is 0.0354. The van der Waals surface area contributed by atoms with E-state index < -0.39 is 5.82 Å². The van der Waals surface area contributed by atoms with Gasteiger partial charge >= 0.3 is 0 Å². The maximum atomic E-state index is 13.7. The van der Waals surface area contributed by atoms with Gasteiger partial charge in [-0.3, -0.25) is 0 Å². The van der Waals surface area contributed by atoms with Crippen molar-refractivity contribution >= 4 is 5.82 Å². The van der Waals surface area contributed by atoms with E-state index in [1.165, 1.54) is 6.33 Å². The minimum atomic E-state index is -0.427. The Morgan fingerprint density at radius 3 is 2.80 bits per heavy atom. The molecule has 0 aliphatic heterocycles. The van der Waals surface area contributed by atoms with Crippen LogP contribution in [0.5, 0.6) is 0 Å². The maximum absolute atomic E-state index is 13.7. The molecule has 2 aliphatic rings. The molecule has 4 heteroatoms. The minimum Gasteiger partial charge on any atom is -0.381 e. The van der Waals surface area contributed by atoms with Gasteiger partial charge < -0.3 is 5.73 Å². The van der Waals surface area contributed by atoms with Crippen LogP contribution in [0.2, 0.25) is 0 Å². The van der Waals surface area contributed by atoms with Crippen molar-refractivity contribution in [3.8, 4) is 0 Å². The third-order valence-corrected chi connectivity index (χ3v) is 3.47. The van der Waals surface area contributed by atoms with Gasteiger partial charge in [-0.15, -0.1) is 0 Å². The van der Waals surface area contributed by atoms with Crippen molar-refractivity contribution in [1.29, 1.82) is 0 Å². The molecule has 1 fully saturated rings. The Hall–Kier alpha value is -1.45. The molecule has 0 spiro atoms. The third kappa shape index (κ3) is 1.24. The predicted molar refractivity (Wildman–Crippen MR) is 54.5 cm³/mol. The van der Waals surface area contributed by atoms with Gasteiger partial charge in [0, 0.05) is 5.92 Å². The zero-order valence-electron chi connectivity index (χ0n) is 8.23. The van der Waals surface area contributed by atoms with Gasteiger partial charge in [0.05, 0.1) is 5.69 Å². The van der Waals surface area contributed by atoms with Crippen LogP contribution in [0.1, 0.15) is 24.5 Å². The average molecular weight is 205 g/mol. The van der Waals surface area contributed by atoms with Gasteiger partial charge in [0.15, 0.2) is 11.6 Å². The van der Waals surface area contributed by atoms with Crippen LogP contribution in [0.3, 0.4) is 0 Å². The monoisotopic (exact) mass is 205 g/mol. The number of fused-ring (bicyclic) bond motifs is 2. The Kier molecular flexibility index (Phi) is 1.78. The number of aromatic nitrogens is 2. The molecular weight excluding hydrogens is 193 g/mol. The summed E-state index contributed by atoms with van der Waals surface area (Å²) in [4.78, 5) is 7.69. The lowest BCUT2D eigenvalue weighted by atomic mass is 9.90. The van der Waals surface area contributed by atoms with E-state index in [0.717, 1.165) is 12.8 Å². The van der Waals surface area contributed by atoms with Gasteiger partial charge in [-0.1, -0.05) is 12.2 Å². The number of rotatable bonds is 1. The van der Waals surface area contributed by atoms with Crippen molar-refractivity contribution in [2.45, 2.75) is 18.8 Å². The van der Waals surface area contributed by atoms with Crippen LogP contribution < -0.4 is 5.73 Å². The molecule has 0 radical (unpaired) electrons. The molecule has 1 aromatic rings. The van der Waals surface area contributed by atoms with Crippen molar-refractivity contribution in [2.75, 3.05) is 5.73 Å². The first-order chi connectivity index (χ1) is 7.25. The number of anilines is 1. The lowest BCUT2D eigenvalue weighted by Gasteiger charge is -2.17. The highest BCUT2D eigenvalue weighted by molar-refractivity contribution is 5.34. The number of hydrogen-bond donors (Lipinski definition) is 1. The fraction of sp³-hybridized carbons (Fsp3) is 0.455. The topological polar surface area (TPSA) is 51.8 Å². The highest BCUT2D eigenvalue weighted by Crippen LogP contribution is 2.48. The van der Waals surface area contributed by atoms with Crippen molar-refractivity contribution in [2.24, 2.45) is 11.8 Å². The summed E-state index contributed by atoms with van der Waals surface area (Å²) >= 11 is 0. The number of allylic oxidation sites excluding steroid dienone is 2.